The SMILES string of the molecule is OC1CCCN(Cc2cccc([B-](F)(F)F)c2)C1.[K+]. The van der Waals surface area contributed by atoms with Crippen LogP contribution < -0.4 is 56.8 Å². The smallest absolute Gasteiger partial charge is 0.445 e. The van der Waals surface area contributed by atoms with E-state index >= 15 is 0 Å². The van der Waals surface area contributed by atoms with Crippen molar-refractivity contribution in [1.29, 1.82) is 0 Å². The molecule has 1 aliphatic rings. The maximum absolute atomic E-state index is 12.6. The van der Waals surface area contributed by atoms with E-state index in [9.17, 15) is 18.1 Å². The van der Waals surface area contributed by atoms with Gasteiger partial charge in [0.2, 0.25) is 0 Å². The second kappa shape index (κ2) is 7.59. The first kappa shape index (κ1) is 17.7. The number of aliphatic hydroxyl groups is 1. The minimum atomic E-state index is -4.93. The van der Waals surface area contributed by atoms with E-state index in [2.05, 4.69) is 0 Å². The van der Waals surface area contributed by atoms with Gasteiger partial charge in [0.1, 0.15) is 0 Å². The monoisotopic (exact) mass is 297 g/mol. The predicted molar refractivity (Wildman–Crippen MR) is 65.7 cm³/mol. The topological polar surface area (TPSA) is 23.5 Å². The summed E-state index contributed by atoms with van der Waals surface area (Å²) < 4.78 is 37.9. The van der Waals surface area contributed by atoms with Crippen molar-refractivity contribution < 1.29 is 69.4 Å². The molecule has 7 heteroatoms. The third kappa shape index (κ3) is 5.49. The summed E-state index contributed by atoms with van der Waals surface area (Å²) in [5, 5.41) is 9.52. The molecule has 1 aromatic carbocycles. The van der Waals surface area contributed by atoms with Crippen LogP contribution in [0, 0.1) is 0 Å². The molecule has 0 aliphatic carbocycles. The number of likely N-dealkylation sites (tertiary alicyclic amines) is 1. The summed E-state index contributed by atoms with van der Waals surface area (Å²) in [7, 11) is 0. The van der Waals surface area contributed by atoms with Gasteiger partial charge in [-0.3, -0.25) is 4.90 Å². The molecule has 100 valence electrons. The first-order valence-corrected chi connectivity index (χ1v) is 6.14. The zero-order valence-corrected chi connectivity index (χ0v) is 14.2. The Morgan fingerprint density at radius 2 is 2.05 bits per heavy atom. The molecule has 1 unspecified atom stereocenters. The first-order chi connectivity index (χ1) is 8.45. The molecule has 2 nitrogen and oxygen atoms in total. The molecule has 0 amide bonds. The number of β-amino-alcohol motifs (C(OH)–C–C–N with tert-alkyl or cyclic N) is 1. The van der Waals surface area contributed by atoms with Crippen LogP contribution in [0.1, 0.15) is 18.4 Å². The number of hydrogen-bond acceptors (Lipinski definition) is 2. The number of rotatable bonds is 3. The average Bonchev–Trinajstić information content (AvgIpc) is 2.28. The summed E-state index contributed by atoms with van der Waals surface area (Å²) in [6.45, 7) is -3.09. The molecular weight excluding hydrogens is 281 g/mol. The van der Waals surface area contributed by atoms with Gasteiger partial charge in [-0.2, -0.15) is 0 Å². The number of nitrogens with zero attached hydrogens (tertiary/aromatic N) is 1. The van der Waals surface area contributed by atoms with Crippen molar-refractivity contribution in [2.45, 2.75) is 25.5 Å². The minimum absolute atomic E-state index is 0. The molecule has 1 heterocycles. The second-order valence-corrected chi connectivity index (χ2v) is 4.85. The Balaban J connectivity index is 0.00000180. The Morgan fingerprint density at radius 1 is 1.32 bits per heavy atom. The van der Waals surface area contributed by atoms with Gasteiger partial charge in [-0.1, -0.05) is 24.3 Å². The van der Waals surface area contributed by atoms with Gasteiger partial charge in [-0.05, 0) is 24.9 Å². The normalized spacial score (nSPS) is 20.9. The molecule has 0 aromatic heterocycles. The zero-order chi connectivity index (χ0) is 13.2. The summed E-state index contributed by atoms with van der Waals surface area (Å²) in [5.41, 5.74) is 0.103. The first-order valence-electron chi connectivity index (χ1n) is 6.14. The molecule has 0 bridgehead atoms. The molecule has 0 spiro atoms. The van der Waals surface area contributed by atoms with Gasteiger partial charge in [0.25, 0.3) is 0 Å². The van der Waals surface area contributed by atoms with Crippen LogP contribution in [0.25, 0.3) is 0 Å². The van der Waals surface area contributed by atoms with Crippen LogP contribution in [0.2, 0.25) is 0 Å². The maximum Gasteiger partial charge on any atom is 1.00 e. The van der Waals surface area contributed by atoms with Gasteiger partial charge in [-0.25, -0.2) is 0 Å². The molecule has 0 saturated carbocycles. The van der Waals surface area contributed by atoms with Crippen molar-refractivity contribution in [3.05, 3.63) is 29.8 Å². The van der Waals surface area contributed by atoms with E-state index in [0.717, 1.165) is 25.5 Å². The average molecular weight is 297 g/mol. The van der Waals surface area contributed by atoms with Crippen LogP contribution >= 0.6 is 0 Å². The molecule has 1 aliphatic heterocycles. The van der Waals surface area contributed by atoms with E-state index in [1.54, 1.807) is 6.07 Å². The quantitative estimate of drug-likeness (QED) is 0.701. The van der Waals surface area contributed by atoms with E-state index < -0.39 is 12.4 Å². The van der Waals surface area contributed by atoms with E-state index in [1.165, 1.54) is 12.1 Å². The summed E-state index contributed by atoms with van der Waals surface area (Å²) in [6.07, 6.45) is 1.32. The summed E-state index contributed by atoms with van der Waals surface area (Å²) in [6, 6.07) is 5.46. The van der Waals surface area contributed by atoms with E-state index in [4.69, 9.17) is 0 Å². The van der Waals surface area contributed by atoms with Crippen LogP contribution in [0.3, 0.4) is 0 Å². The molecular formula is C12H16BF3KNO. The third-order valence-corrected chi connectivity index (χ3v) is 3.22. The fourth-order valence-electron chi connectivity index (χ4n) is 2.33. The maximum atomic E-state index is 12.6. The molecule has 2 rings (SSSR count). The van der Waals surface area contributed by atoms with Gasteiger partial charge in [0.05, 0.1) is 6.10 Å². The fourth-order valence-corrected chi connectivity index (χ4v) is 2.33. The van der Waals surface area contributed by atoms with E-state index in [0.29, 0.717) is 18.7 Å². The Labute approximate surface area is 153 Å². The minimum Gasteiger partial charge on any atom is -0.445 e. The Kier molecular flexibility index (Phi) is 7.06. The van der Waals surface area contributed by atoms with Crippen molar-refractivity contribution >= 4 is 12.4 Å². The largest absolute Gasteiger partial charge is 1.00 e. The van der Waals surface area contributed by atoms with Gasteiger partial charge in [0, 0.05) is 13.1 Å². The number of piperidine rings is 1. The number of benzene rings is 1. The van der Waals surface area contributed by atoms with Crippen LogP contribution in [-0.2, 0) is 6.54 Å². The molecule has 1 atom stereocenters. The molecule has 1 fully saturated rings. The third-order valence-electron chi connectivity index (χ3n) is 3.22. The van der Waals surface area contributed by atoms with Crippen molar-refractivity contribution in [2.24, 2.45) is 0 Å². The Morgan fingerprint density at radius 3 is 2.68 bits per heavy atom. The van der Waals surface area contributed by atoms with Crippen LogP contribution in [-0.4, -0.2) is 36.2 Å². The Bertz CT molecular complexity index is 416. The van der Waals surface area contributed by atoms with Crippen molar-refractivity contribution in [2.75, 3.05) is 13.1 Å². The fraction of sp³-hybridized carbons (Fsp3) is 0.500. The summed E-state index contributed by atoms with van der Waals surface area (Å²) >= 11 is 0. The van der Waals surface area contributed by atoms with Crippen molar-refractivity contribution in [1.82, 2.24) is 4.90 Å². The van der Waals surface area contributed by atoms with Crippen molar-refractivity contribution in [3.63, 3.8) is 0 Å². The summed E-state index contributed by atoms with van der Waals surface area (Å²) in [4.78, 5) is 2.00. The van der Waals surface area contributed by atoms with Crippen LogP contribution in [0.5, 0.6) is 0 Å². The van der Waals surface area contributed by atoms with E-state index in [-0.39, 0.29) is 57.5 Å². The molecule has 0 radical (unpaired) electrons. The van der Waals surface area contributed by atoms with Gasteiger partial charge in [0.15, 0.2) is 0 Å². The van der Waals surface area contributed by atoms with Crippen LogP contribution in [0.4, 0.5) is 12.9 Å². The van der Waals surface area contributed by atoms with Crippen LogP contribution in [0.15, 0.2) is 24.3 Å². The van der Waals surface area contributed by atoms with Crippen molar-refractivity contribution in [3.8, 4) is 0 Å². The number of halogens is 3. The molecule has 1 saturated heterocycles. The molecule has 1 N–H and O–H groups in total. The van der Waals surface area contributed by atoms with Gasteiger partial charge >= 0.3 is 58.4 Å². The number of hydrogen-bond donors (Lipinski definition) is 1. The predicted octanol–water partition coefficient (Wildman–Crippen LogP) is -1.30. The summed E-state index contributed by atoms with van der Waals surface area (Å²) in [5.74, 6) is 0. The standard InChI is InChI=1S/C12H16BF3NO.K/c14-13(15,16)11-4-1-3-10(7-11)8-17-6-2-5-12(18)9-17;/h1,3-4,7,12,18H,2,5-6,8-9H2;/q-1;+1. The number of aliphatic hydroxyl groups excluding tert-OH is 1. The van der Waals surface area contributed by atoms with Gasteiger partial charge in [-0.15, -0.1) is 5.46 Å². The molecule has 19 heavy (non-hydrogen) atoms. The zero-order valence-electron chi connectivity index (χ0n) is 11.0. The van der Waals surface area contributed by atoms with E-state index in [1.807, 2.05) is 4.90 Å². The second-order valence-electron chi connectivity index (χ2n) is 4.85. The Hall–Kier alpha value is 0.631. The van der Waals surface area contributed by atoms with Gasteiger partial charge < -0.3 is 18.1 Å². The molecule has 1 aromatic rings.